The summed E-state index contributed by atoms with van der Waals surface area (Å²) in [5, 5.41) is 0. The lowest BCUT2D eigenvalue weighted by Crippen LogP contribution is -2.62. The first-order valence-corrected chi connectivity index (χ1v) is 5.94. The lowest BCUT2D eigenvalue weighted by molar-refractivity contribution is -0.157. The van der Waals surface area contributed by atoms with Gasteiger partial charge in [0.05, 0.1) is 13.0 Å². The largest absolute Gasteiger partial charge is 0.469 e. The molecule has 0 aromatic rings. The molecule has 2 N–H and O–H groups in total. The normalized spacial score (nSPS) is 56.1. The standard InChI is InChI=1S/C12H19NO2/c1-12(13)9-4-3-6(7-5-8(7)9)10(12)11(14)15-2/h6-10H,3-5,13H2,1-2H3. The summed E-state index contributed by atoms with van der Waals surface area (Å²) in [4.78, 5) is 11.8. The van der Waals surface area contributed by atoms with Crippen LogP contribution in [0.4, 0.5) is 0 Å². The summed E-state index contributed by atoms with van der Waals surface area (Å²) in [7, 11) is 1.48. The van der Waals surface area contributed by atoms with Gasteiger partial charge in [-0.3, -0.25) is 4.79 Å². The molecule has 0 aliphatic heterocycles. The third kappa shape index (κ3) is 1.07. The van der Waals surface area contributed by atoms with Crippen LogP contribution in [0, 0.1) is 29.6 Å². The zero-order chi connectivity index (χ0) is 10.8. The third-order valence-electron chi connectivity index (χ3n) is 5.12. The lowest BCUT2D eigenvalue weighted by atomic mass is 9.55. The van der Waals surface area contributed by atoms with Crippen molar-refractivity contribution in [3.8, 4) is 0 Å². The van der Waals surface area contributed by atoms with Gasteiger partial charge in [0.2, 0.25) is 0 Å². The Labute approximate surface area is 90.4 Å². The van der Waals surface area contributed by atoms with E-state index in [-0.39, 0.29) is 17.4 Å². The quantitative estimate of drug-likeness (QED) is 0.659. The average Bonchev–Trinajstić information content (AvgIpc) is 2.96. The van der Waals surface area contributed by atoms with E-state index in [9.17, 15) is 4.79 Å². The number of carbonyl (C=O) groups excluding carboxylic acids is 1. The molecule has 4 fully saturated rings. The van der Waals surface area contributed by atoms with Crippen molar-refractivity contribution >= 4 is 5.97 Å². The first-order chi connectivity index (χ1) is 7.07. The molecular formula is C12H19NO2. The van der Waals surface area contributed by atoms with E-state index in [1.807, 2.05) is 0 Å². The van der Waals surface area contributed by atoms with Gasteiger partial charge in [-0.25, -0.2) is 0 Å². The number of carbonyl (C=O) groups is 1. The highest BCUT2D eigenvalue weighted by Gasteiger charge is 2.66. The van der Waals surface area contributed by atoms with E-state index >= 15 is 0 Å². The smallest absolute Gasteiger partial charge is 0.310 e. The molecule has 6 atom stereocenters. The van der Waals surface area contributed by atoms with Crippen molar-refractivity contribution < 1.29 is 9.53 Å². The monoisotopic (exact) mass is 209 g/mol. The zero-order valence-electron chi connectivity index (χ0n) is 9.40. The second-order valence-corrected chi connectivity index (χ2v) is 5.78. The number of rotatable bonds is 1. The van der Waals surface area contributed by atoms with Gasteiger partial charge in [0, 0.05) is 5.54 Å². The van der Waals surface area contributed by atoms with Crippen LogP contribution in [0.15, 0.2) is 0 Å². The number of ether oxygens (including phenoxy) is 1. The minimum absolute atomic E-state index is 0.0509. The van der Waals surface area contributed by atoms with Gasteiger partial charge in [0.1, 0.15) is 0 Å². The van der Waals surface area contributed by atoms with Gasteiger partial charge in [-0.2, -0.15) is 0 Å². The molecule has 0 aromatic carbocycles. The molecule has 4 aliphatic rings. The minimum atomic E-state index is -0.326. The first-order valence-electron chi connectivity index (χ1n) is 5.94. The van der Waals surface area contributed by atoms with Crippen molar-refractivity contribution in [1.82, 2.24) is 0 Å². The van der Waals surface area contributed by atoms with Crippen molar-refractivity contribution in [1.29, 1.82) is 0 Å². The van der Waals surface area contributed by atoms with E-state index in [4.69, 9.17) is 10.5 Å². The summed E-state index contributed by atoms with van der Waals surface area (Å²) in [5.74, 6) is 2.52. The molecule has 0 radical (unpaired) electrons. The molecule has 84 valence electrons. The predicted molar refractivity (Wildman–Crippen MR) is 55.9 cm³/mol. The van der Waals surface area contributed by atoms with Crippen LogP contribution in [0.5, 0.6) is 0 Å². The first kappa shape index (κ1) is 9.64. The van der Waals surface area contributed by atoms with Gasteiger partial charge in [-0.15, -0.1) is 0 Å². The summed E-state index contributed by atoms with van der Waals surface area (Å²) in [6, 6.07) is 0. The summed E-state index contributed by atoms with van der Waals surface area (Å²) in [6.07, 6.45) is 3.69. The van der Waals surface area contributed by atoms with Gasteiger partial charge in [-0.1, -0.05) is 0 Å². The molecule has 0 amide bonds. The Bertz CT molecular complexity index is 313. The summed E-state index contributed by atoms with van der Waals surface area (Å²) in [6.45, 7) is 2.06. The molecule has 0 saturated heterocycles. The highest BCUT2D eigenvalue weighted by atomic mass is 16.5. The number of nitrogens with two attached hydrogens (primary N) is 1. The maximum atomic E-state index is 11.8. The SMILES string of the molecule is COC(=O)C1C2CCC(C3CC32)C1(C)N. The second kappa shape index (κ2) is 2.76. The zero-order valence-corrected chi connectivity index (χ0v) is 9.40. The average molecular weight is 209 g/mol. The lowest BCUT2D eigenvalue weighted by Gasteiger charge is -2.52. The van der Waals surface area contributed by atoms with Crippen LogP contribution >= 0.6 is 0 Å². The summed E-state index contributed by atoms with van der Waals surface area (Å²) >= 11 is 0. The second-order valence-electron chi connectivity index (χ2n) is 5.78. The minimum Gasteiger partial charge on any atom is -0.469 e. The molecule has 4 aliphatic carbocycles. The van der Waals surface area contributed by atoms with Crippen molar-refractivity contribution in [2.24, 2.45) is 35.3 Å². The van der Waals surface area contributed by atoms with Crippen molar-refractivity contribution in [3.05, 3.63) is 0 Å². The van der Waals surface area contributed by atoms with E-state index in [1.165, 1.54) is 26.4 Å². The third-order valence-corrected chi connectivity index (χ3v) is 5.12. The molecule has 0 heterocycles. The predicted octanol–water partition coefficient (Wildman–Crippen LogP) is 1.17. The maximum Gasteiger partial charge on any atom is 0.310 e. The number of esters is 1. The Kier molecular flexibility index (Phi) is 1.77. The molecule has 0 aromatic heterocycles. The Morgan fingerprint density at radius 1 is 1.33 bits per heavy atom. The van der Waals surface area contributed by atoms with Gasteiger partial charge in [0.25, 0.3) is 0 Å². The molecule has 15 heavy (non-hydrogen) atoms. The van der Waals surface area contributed by atoms with Gasteiger partial charge < -0.3 is 10.5 Å². The van der Waals surface area contributed by atoms with E-state index in [2.05, 4.69) is 6.92 Å². The van der Waals surface area contributed by atoms with Crippen LogP contribution < -0.4 is 5.73 Å². The van der Waals surface area contributed by atoms with Crippen LogP contribution in [0.1, 0.15) is 26.2 Å². The number of hydrogen-bond donors (Lipinski definition) is 1. The highest BCUT2D eigenvalue weighted by molar-refractivity contribution is 5.75. The van der Waals surface area contributed by atoms with E-state index in [0.717, 1.165) is 11.8 Å². The number of hydrogen-bond acceptors (Lipinski definition) is 3. The Balaban J connectivity index is 1.96. The summed E-state index contributed by atoms with van der Waals surface area (Å²) in [5.41, 5.74) is 6.07. The van der Waals surface area contributed by atoms with Crippen LogP contribution in [0.25, 0.3) is 0 Å². The highest BCUT2D eigenvalue weighted by Crippen LogP contribution is 2.66. The van der Waals surface area contributed by atoms with Crippen molar-refractivity contribution in [2.75, 3.05) is 7.11 Å². The fourth-order valence-electron chi connectivity index (χ4n) is 4.42. The fourth-order valence-corrected chi connectivity index (χ4v) is 4.42. The molecule has 3 heteroatoms. The topological polar surface area (TPSA) is 52.3 Å². The fraction of sp³-hybridized carbons (Fsp3) is 0.917. The molecule has 0 spiro atoms. The van der Waals surface area contributed by atoms with E-state index < -0.39 is 0 Å². The van der Waals surface area contributed by atoms with E-state index in [0.29, 0.717) is 11.8 Å². The molecule has 2 bridgehead atoms. The van der Waals surface area contributed by atoms with Crippen LogP contribution in [-0.2, 0) is 9.53 Å². The van der Waals surface area contributed by atoms with E-state index in [1.54, 1.807) is 0 Å². The summed E-state index contributed by atoms with van der Waals surface area (Å²) < 4.78 is 4.93. The van der Waals surface area contributed by atoms with Crippen molar-refractivity contribution in [2.45, 2.75) is 31.7 Å². The molecule has 6 unspecified atom stereocenters. The molecule has 4 saturated carbocycles. The number of fused-ring (bicyclic) bond motifs is 2. The van der Waals surface area contributed by atoms with Gasteiger partial charge in [-0.05, 0) is 49.9 Å². The molecule has 4 rings (SSSR count). The number of methoxy groups -OCH3 is 1. The van der Waals surface area contributed by atoms with Crippen molar-refractivity contribution in [3.63, 3.8) is 0 Å². The Hall–Kier alpha value is -0.570. The van der Waals surface area contributed by atoms with Crippen LogP contribution in [0.2, 0.25) is 0 Å². The van der Waals surface area contributed by atoms with Crippen LogP contribution in [0.3, 0.4) is 0 Å². The van der Waals surface area contributed by atoms with Crippen LogP contribution in [-0.4, -0.2) is 18.6 Å². The van der Waals surface area contributed by atoms with Gasteiger partial charge >= 0.3 is 5.97 Å². The Morgan fingerprint density at radius 3 is 2.73 bits per heavy atom. The maximum absolute atomic E-state index is 11.8. The van der Waals surface area contributed by atoms with Gasteiger partial charge in [0.15, 0.2) is 0 Å². The molecular weight excluding hydrogens is 190 g/mol. The molecule has 3 nitrogen and oxygen atoms in total. The Morgan fingerprint density at radius 2 is 2.07 bits per heavy atom.